The lowest BCUT2D eigenvalue weighted by atomic mass is 9.89. The van der Waals surface area contributed by atoms with Gasteiger partial charge in [-0.3, -0.25) is 0 Å². The Morgan fingerprint density at radius 1 is 0.581 bits per heavy atom. The van der Waals surface area contributed by atoms with Crippen molar-refractivity contribution in [1.82, 2.24) is 0 Å². The van der Waals surface area contributed by atoms with Gasteiger partial charge in [-0.05, 0) is 72.9 Å². The first-order valence-corrected chi connectivity index (χ1v) is 16.3. The van der Waals surface area contributed by atoms with Gasteiger partial charge in [-0.1, -0.05) is 102 Å². The molecule has 0 aromatic heterocycles. The lowest BCUT2D eigenvalue weighted by molar-refractivity contribution is -0.138. The third kappa shape index (κ3) is 8.78. The molecule has 2 aromatic carbocycles. The van der Waals surface area contributed by atoms with Crippen molar-refractivity contribution in [1.29, 1.82) is 0 Å². The van der Waals surface area contributed by atoms with Crippen molar-refractivity contribution in [3.05, 3.63) is 57.6 Å². The van der Waals surface area contributed by atoms with Gasteiger partial charge < -0.3 is 0 Å². The molecule has 0 N–H and O–H groups in total. The van der Waals surface area contributed by atoms with Crippen LogP contribution >= 0.6 is 11.8 Å². The molecule has 0 saturated heterocycles. The summed E-state index contributed by atoms with van der Waals surface area (Å²) in [7, 11) is 0. The second-order valence-electron chi connectivity index (χ2n) is 12.5. The second-order valence-corrected chi connectivity index (χ2v) is 13.6. The summed E-state index contributed by atoms with van der Waals surface area (Å²) in [6, 6.07) is 5.64. The standard InChI is InChI=1S/C36H40F6S/c1-23(2)27-19-31(35(37,38)39)29(17-15-25-11-7-5-8-12-25)33(21-27)43-34-22-28(24(3)4)20-32(36(40,41)42)30(34)18-16-26-13-9-6-10-14-26/h19-26H,5-14H2,1-4H3. The summed E-state index contributed by atoms with van der Waals surface area (Å²) >= 11 is 0.933. The predicted octanol–water partition coefficient (Wildman–Crippen LogP) is 12.0. The molecule has 0 spiro atoms. The number of benzene rings is 2. The molecule has 0 radical (unpaired) electrons. The summed E-state index contributed by atoms with van der Waals surface area (Å²) in [5.74, 6) is 11.5. The van der Waals surface area contributed by atoms with Crippen LogP contribution in [0, 0.1) is 35.5 Å². The Hall–Kier alpha value is -2.51. The monoisotopic (exact) mass is 618 g/mol. The fraction of sp³-hybridized carbons (Fsp3) is 0.556. The smallest absolute Gasteiger partial charge is 0.166 e. The minimum absolute atomic E-state index is 0.00970. The molecule has 0 bridgehead atoms. The molecule has 0 atom stereocenters. The average Bonchev–Trinajstić information content (AvgIpc) is 2.95. The van der Waals surface area contributed by atoms with E-state index in [0.29, 0.717) is 11.1 Å². The Morgan fingerprint density at radius 3 is 1.23 bits per heavy atom. The molecule has 232 valence electrons. The highest BCUT2D eigenvalue weighted by Crippen LogP contribution is 2.45. The molecule has 2 aliphatic carbocycles. The molecular weight excluding hydrogens is 578 g/mol. The van der Waals surface area contributed by atoms with Crippen LogP contribution in [0.4, 0.5) is 26.3 Å². The maximum absolute atomic E-state index is 14.5. The highest BCUT2D eigenvalue weighted by atomic mass is 32.2. The van der Waals surface area contributed by atoms with Crippen molar-refractivity contribution in [2.45, 2.75) is 126 Å². The van der Waals surface area contributed by atoms with Crippen molar-refractivity contribution in [3.8, 4) is 23.7 Å². The molecule has 2 fully saturated rings. The first-order valence-electron chi connectivity index (χ1n) is 15.4. The van der Waals surface area contributed by atoms with Gasteiger partial charge in [0.1, 0.15) is 0 Å². The number of hydrogen-bond acceptors (Lipinski definition) is 1. The van der Waals surface area contributed by atoms with Crippen molar-refractivity contribution in [2.75, 3.05) is 0 Å². The van der Waals surface area contributed by atoms with Gasteiger partial charge in [0.2, 0.25) is 0 Å². The number of halogens is 6. The van der Waals surface area contributed by atoms with Crippen LogP contribution in [0.2, 0.25) is 0 Å². The fourth-order valence-electron chi connectivity index (χ4n) is 5.77. The van der Waals surface area contributed by atoms with E-state index in [9.17, 15) is 26.3 Å². The normalized spacial score (nSPS) is 17.0. The molecule has 0 unspecified atom stereocenters. The van der Waals surface area contributed by atoms with E-state index in [-0.39, 0.29) is 44.6 Å². The van der Waals surface area contributed by atoms with Gasteiger partial charge in [-0.25, -0.2) is 0 Å². The Kier molecular flexibility index (Phi) is 10.9. The Balaban J connectivity index is 1.95. The van der Waals surface area contributed by atoms with Crippen LogP contribution in [0.5, 0.6) is 0 Å². The fourth-order valence-corrected chi connectivity index (χ4v) is 6.92. The second kappa shape index (κ2) is 14.1. The molecule has 0 heterocycles. The lowest BCUT2D eigenvalue weighted by Gasteiger charge is -2.21. The number of rotatable bonds is 4. The van der Waals surface area contributed by atoms with Crippen LogP contribution in [0.3, 0.4) is 0 Å². The zero-order chi connectivity index (χ0) is 31.4. The topological polar surface area (TPSA) is 0 Å². The lowest BCUT2D eigenvalue weighted by Crippen LogP contribution is -2.12. The maximum Gasteiger partial charge on any atom is 0.417 e. The molecular formula is C36H40F6S. The molecule has 2 saturated carbocycles. The summed E-state index contributed by atoms with van der Waals surface area (Å²) in [4.78, 5) is 0.438. The zero-order valence-corrected chi connectivity index (χ0v) is 26.2. The summed E-state index contributed by atoms with van der Waals surface area (Å²) in [5, 5.41) is 0. The Bertz CT molecular complexity index is 1290. The van der Waals surface area contributed by atoms with Crippen LogP contribution < -0.4 is 0 Å². The van der Waals surface area contributed by atoms with Crippen molar-refractivity contribution < 1.29 is 26.3 Å². The highest BCUT2D eigenvalue weighted by Gasteiger charge is 2.37. The first kappa shape index (κ1) is 33.4. The van der Waals surface area contributed by atoms with E-state index in [1.165, 1.54) is 0 Å². The SMILES string of the molecule is CC(C)c1cc(Sc2cc(C(C)C)cc(C(F)(F)F)c2C#CC2CCCCC2)c(C#CC2CCCCC2)c(C(F)(F)F)c1. The average molecular weight is 619 g/mol. The van der Waals surface area contributed by atoms with Gasteiger partial charge in [0.05, 0.1) is 22.3 Å². The van der Waals surface area contributed by atoms with Crippen LogP contribution in [-0.4, -0.2) is 0 Å². The summed E-state index contributed by atoms with van der Waals surface area (Å²) in [6.07, 6.45) is 0.170. The summed E-state index contributed by atoms with van der Waals surface area (Å²) in [5.41, 5.74) is -1.08. The van der Waals surface area contributed by atoms with Gasteiger partial charge in [-0.2, -0.15) is 26.3 Å². The summed E-state index contributed by atoms with van der Waals surface area (Å²) in [6.45, 7) is 7.22. The van der Waals surface area contributed by atoms with E-state index < -0.39 is 23.5 Å². The quantitative estimate of drug-likeness (QED) is 0.243. The molecule has 43 heavy (non-hydrogen) atoms. The molecule has 0 nitrogen and oxygen atoms in total. The molecule has 2 aromatic rings. The molecule has 0 amide bonds. The van der Waals surface area contributed by atoms with E-state index in [2.05, 4.69) is 23.7 Å². The van der Waals surface area contributed by atoms with E-state index in [0.717, 1.165) is 88.1 Å². The van der Waals surface area contributed by atoms with Gasteiger partial charge in [0, 0.05) is 21.6 Å². The van der Waals surface area contributed by atoms with Gasteiger partial charge in [-0.15, -0.1) is 0 Å². The van der Waals surface area contributed by atoms with Crippen LogP contribution in [-0.2, 0) is 12.4 Å². The molecule has 2 aliphatic rings. The Labute approximate surface area is 256 Å². The van der Waals surface area contributed by atoms with Crippen LogP contribution in [0.1, 0.15) is 137 Å². The predicted molar refractivity (Wildman–Crippen MR) is 162 cm³/mol. The first-order chi connectivity index (χ1) is 20.2. The van der Waals surface area contributed by atoms with Gasteiger partial charge in [0.25, 0.3) is 0 Å². The minimum atomic E-state index is -4.67. The molecule has 7 heteroatoms. The van der Waals surface area contributed by atoms with Gasteiger partial charge >= 0.3 is 12.4 Å². The third-order valence-electron chi connectivity index (χ3n) is 8.43. The maximum atomic E-state index is 14.5. The van der Waals surface area contributed by atoms with Crippen molar-refractivity contribution >= 4 is 11.8 Å². The highest BCUT2D eigenvalue weighted by molar-refractivity contribution is 7.99. The minimum Gasteiger partial charge on any atom is -0.166 e. The third-order valence-corrected chi connectivity index (χ3v) is 9.51. The van der Waals surface area contributed by atoms with Crippen molar-refractivity contribution in [3.63, 3.8) is 0 Å². The number of hydrogen-bond donors (Lipinski definition) is 0. The van der Waals surface area contributed by atoms with E-state index in [1.807, 2.05) is 0 Å². The Morgan fingerprint density at radius 2 is 0.930 bits per heavy atom. The molecule has 4 rings (SSSR count). The van der Waals surface area contributed by atoms with E-state index >= 15 is 0 Å². The molecule has 0 aliphatic heterocycles. The summed E-state index contributed by atoms with van der Waals surface area (Å²) < 4.78 is 87.1. The van der Waals surface area contributed by atoms with Crippen molar-refractivity contribution in [2.24, 2.45) is 11.8 Å². The van der Waals surface area contributed by atoms with E-state index in [4.69, 9.17) is 0 Å². The van der Waals surface area contributed by atoms with E-state index in [1.54, 1.807) is 39.8 Å². The zero-order valence-electron chi connectivity index (χ0n) is 25.4. The van der Waals surface area contributed by atoms with Crippen LogP contribution in [0.25, 0.3) is 0 Å². The van der Waals surface area contributed by atoms with Gasteiger partial charge in [0.15, 0.2) is 0 Å². The largest absolute Gasteiger partial charge is 0.417 e. The number of alkyl halides is 6. The van der Waals surface area contributed by atoms with Crippen LogP contribution in [0.15, 0.2) is 34.1 Å².